The van der Waals surface area contributed by atoms with Crippen LogP contribution >= 0.6 is 35.3 Å². The van der Waals surface area contributed by atoms with Crippen LogP contribution in [0.4, 0.5) is 0 Å². The van der Waals surface area contributed by atoms with Crippen molar-refractivity contribution in [1.82, 2.24) is 15.4 Å². The molecule has 0 aliphatic heterocycles. The highest BCUT2D eigenvalue weighted by Gasteiger charge is 2.36. The lowest BCUT2D eigenvalue weighted by molar-refractivity contribution is 0.0732. The third-order valence-corrected chi connectivity index (χ3v) is 7.78. The highest BCUT2D eigenvalue weighted by Crippen LogP contribution is 2.43. The van der Waals surface area contributed by atoms with Crippen LogP contribution in [0.5, 0.6) is 0 Å². The van der Waals surface area contributed by atoms with Crippen molar-refractivity contribution in [3.8, 4) is 0 Å². The number of hydrogen-bond donors (Lipinski definition) is 3. The van der Waals surface area contributed by atoms with Gasteiger partial charge in [-0.1, -0.05) is 6.42 Å². The summed E-state index contributed by atoms with van der Waals surface area (Å²) in [6.07, 6.45) is 4.73. The Bertz CT molecular complexity index is 746. The Morgan fingerprint density at radius 2 is 2.00 bits per heavy atom. The fraction of sp³-hybridized carbons (Fsp3) is 0.722. The van der Waals surface area contributed by atoms with Crippen LogP contribution in [0.25, 0.3) is 0 Å². The molecule has 0 bridgehead atoms. The molecule has 0 unspecified atom stereocenters. The standard InChI is InChI=1S/C18H32N4O3S2.HI/c1-14-12-16(15(2)26-14)27(23,24)22-10-9-20-17(19-3)21-13-18(6-5-7-18)8-11-25-4;/h12,22H,5-11,13H2,1-4H3,(H2,19,20,21);1H. The van der Waals surface area contributed by atoms with E-state index < -0.39 is 10.0 Å². The molecular weight excluding hydrogens is 511 g/mol. The number of rotatable bonds is 10. The lowest BCUT2D eigenvalue weighted by Crippen LogP contribution is -2.48. The van der Waals surface area contributed by atoms with Gasteiger partial charge in [0, 0.05) is 50.2 Å². The van der Waals surface area contributed by atoms with Crippen LogP contribution < -0.4 is 15.4 Å². The molecule has 1 aromatic rings. The first kappa shape index (κ1) is 25.6. The van der Waals surface area contributed by atoms with E-state index in [0.717, 1.165) is 29.3 Å². The molecule has 1 aliphatic carbocycles. The van der Waals surface area contributed by atoms with Gasteiger partial charge in [0.25, 0.3) is 0 Å². The van der Waals surface area contributed by atoms with E-state index in [1.165, 1.54) is 30.6 Å². The van der Waals surface area contributed by atoms with Crippen LogP contribution in [0.15, 0.2) is 16.0 Å². The second-order valence-electron chi connectivity index (χ2n) is 7.12. The number of aliphatic imine (C=N–C) groups is 1. The molecule has 1 saturated carbocycles. The summed E-state index contributed by atoms with van der Waals surface area (Å²) in [6, 6.07) is 1.72. The fourth-order valence-corrected chi connectivity index (χ4v) is 5.91. The van der Waals surface area contributed by atoms with E-state index in [1.807, 2.05) is 13.8 Å². The Balaban J connectivity index is 0.00000392. The molecule has 0 saturated heterocycles. The molecule has 0 atom stereocenters. The van der Waals surface area contributed by atoms with Gasteiger partial charge in [0.2, 0.25) is 10.0 Å². The highest BCUT2D eigenvalue weighted by molar-refractivity contribution is 14.0. The van der Waals surface area contributed by atoms with Crippen LogP contribution in [-0.4, -0.2) is 54.8 Å². The second-order valence-corrected chi connectivity index (χ2v) is 10.3. The monoisotopic (exact) mass is 544 g/mol. The number of hydrogen-bond acceptors (Lipinski definition) is 5. The molecule has 2 rings (SSSR count). The number of aryl methyl sites for hydroxylation is 2. The van der Waals surface area contributed by atoms with Crippen molar-refractivity contribution in [2.75, 3.05) is 40.4 Å². The number of sulfonamides is 1. The molecule has 28 heavy (non-hydrogen) atoms. The minimum absolute atomic E-state index is 0. The molecular formula is C18H33IN4O3S2. The van der Waals surface area contributed by atoms with Crippen LogP contribution in [0.3, 0.4) is 0 Å². The van der Waals surface area contributed by atoms with Gasteiger partial charge in [-0.15, -0.1) is 35.3 Å². The van der Waals surface area contributed by atoms with Gasteiger partial charge in [-0.3, -0.25) is 4.99 Å². The Morgan fingerprint density at radius 3 is 2.50 bits per heavy atom. The summed E-state index contributed by atoms with van der Waals surface area (Å²) >= 11 is 1.49. The summed E-state index contributed by atoms with van der Waals surface area (Å²) in [5, 5.41) is 6.54. The first-order chi connectivity index (χ1) is 12.8. The molecule has 10 heteroatoms. The van der Waals surface area contributed by atoms with Crippen LogP contribution in [0, 0.1) is 19.3 Å². The van der Waals surface area contributed by atoms with E-state index in [9.17, 15) is 8.42 Å². The highest BCUT2D eigenvalue weighted by atomic mass is 127. The van der Waals surface area contributed by atoms with E-state index in [2.05, 4.69) is 20.3 Å². The zero-order valence-electron chi connectivity index (χ0n) is 17.1. The summed E-state index contributed by atoms with van der Waals surface area (Å²) in [5.74, 6) is 0.695. The van der Waals surface area contributed by atoms with E-state index in [-0.39, 0.29) is 24.0 Å². The molecule has 3 N–H and O–H groups in total. The predicted molar refractivity (Wildman–Crippen MR) is 127 cm³/mol. The number of guanidine groups is 1. The maximum atomic E-state index is 12.4. The molecule has 1 aliphatic rings. The molecule has 0 amide bonds. The molecule has 0 spiro atoms. The number of nitrogens with zero attached hydrogens (tertiary/aromatic N) is 1. The molecule has 0 radical (unpaired) electrons. The quantitative estimate of drug-likeness (QED) is 0.182. The number of ether oxygens (including phenoxy) is 1. The van der Waals surface area contributed by atoms with E-state index in [4.69, 9.17) is 4.74 Å². The number of methoxy groups -OCH3 is 1. The first-order valence-corrected chi connectivity index (χ1v) is 11.6. The van der Waals surface area contributed by atoms with Crippen molar-refractivity contribution in [3.05, 3.63) is 15.8 Å². The second kappa shape index (κ2) is 11.7. The Morgan fingerprint density at radius 1 is 1.29 bits per heavy atom. The van der Waals surface area contributed by atoms with Crippen molar-refractivity contribution in [3.63, 3.8) is 0 Å². The topological polar surface area (TPSA) is 91.8 Å². The molecule has 1 heterocycles. The lowest BCUT2D eigenvalue weighted by Gasteiger charge is -2.42. The minimum atomic E-state index is -3.47. The Hall–Kier alpha value is -0.430. The summed E-state index contributed by atoms with van der Waals surface area (Å²) in [4.78, 5) is 6.41. The molecule has 1 fully saturated rings. The van der Waals surface area contributed by atoms with Crippen molar-refractivity contribution in [2.24, 2.45) is 10.4 Å². The maximum absolute atomic E-state index is 12.4. The zero-order valence-corrected chi connectivity index (χ0v) is 21.1. The van der Waals surface area contributed by atoms with Gasteiger partial charge in [-0.05, 0) is 44.6 Å². The van der Waals surface area contributed by atoms with Gasteiger partial charge in [-0.2, -0.15) is 0 Å². The van der Waals surface area contributed by atoms with E-state index in [1.54, 1.807) is 20.2 Å². The van der Waals surface area contributed by atoms with Gasteiger partial charge in [-0.25, -0.2) is 13.1 Å². The SMILES string of the molecule is CN=C(NCCNS(=O)(=O)c1cc(C)sc1C)NCC1(CCOC)CCC1.I. The summed E-state index contributed by atoms with van der Waals surface area (Å²) in [6.45, 7) is 6.13. The van der Waals surface area contributed by atoms with Crippen molar-refractivity contribution in [2.45, 2.75) is 44.4 Å². The number of thiophene rings is 1. The van der Waals surface area contributed by atoms with E-state index >= 15 is 0 Å². The number of halogens is 1. The predicted octanol–water partition coefficient (Wildman–Crippen LogP) is 2.63. The Kier molecular flexibility index (Phi) is 10.7. The van der Waals surface area contributed by atoms with Gasteiger partial charge >= 0.3 is 0 Å². The molecule has 7 nitrogen and oxygen atoms in total. The van der Waals surface area contributed by atoms with E-state index in [0.29, 0.717) is 29.4 Å². The van der Waals surface area contributed by atoms with Crippen molar-refractivity contribution in [1.29, 1.82) is 0 Å². The van der Waals surface area contributed by atoms with Crippen molar-refractivity contribution >= 4 is 51.3 Å². The van der Waals surface area contributed by atoms with Gasteiger partial charge in [0.05, 0.1) is 4.90 Å². The molecule has 0 aromatic carbocycles. The van der Waals surface area contributed by atoms with Gasteiger partial charge in [0.1, 0.15) is 0 Å². The average molecular weight is 545 g/mol. The fourth-order valence-electron chi connectivity index (χ4n) is 3.32. The average Bonchev–Trinajstić information content (AvgIpc) is 2.94. The number of nitrogens with one attached hydrogen (secondary N) is 3. The summed E-state index contributed by atoms with van der Waals surface area (Å²) < 4.78 is 32.7. The van der Waals surface area contributed by atoms with Crippen LogP contribution in [0.2, 0.25) is 0 Å². The van der Waals surface area contributed by atoms with Crippen LogP contribution in [0.1, 0.15) is 35.4 Å². The minimum Gasteiger partial charge on any atom is -0.385 e. The van der Waals surface area contributed by atoms with Gasteiger partial charge in [0.15, 0.2) is 5.96 Å². The Labute approximate surface area is 190 Å². The lowest BCUT2D eigenvalue weighted by atomic mass is 9.67. The summed E-state index contributed by atoms with van der Waals surface area (Å²) in [5.41, 5.74) is 0.295. The zero-order chi connectivity index (χ0) is 19.9. The smallest absolute Gasteiger partial charge is 0.241 e. The third kappa shape index (κ3) is 7.12. The van der Waals surface area contributed by atoms with Crippen LogP contribution in [-0.2, 0) is 14.8 Å². The molecule has 162 valence electrons. The maximum Gasteiger partial charge on any atom is 0.241 e. The largest absolute Gasteiger partial charge is 0.385 e. The van der Waals surface area contributed by atoms with Gasteiger partial charge < -0.3 is 15.4 Å². The normalized spacial score (nSPS) is 16.2. The molecule has 1 aromatic heterocycles. The van der Waals surface area contributed by atoms with Crippen molar-refractivity contribution < 1.29 is 13.2 Å². The third-order valence-electron chi connectivity index (χ3n) is 5.10. The first-order valence-electron chi connectivity index (χ1n) is 9.32. The summed E-state index contributed by atoms with van der Waals surface area (Å²) in [7, 11) is -0.0110.